The average Bonchev–Trinajstić information content (AvgIpc) is 2.44. The average molecular weight is 274 g/mol. The summed E-state index contributed by atoms with van der Waals surface area (Å²) in [7, 11) is 1.63. The molecule has 0 radical (unpaired) electrons. The van der Waals surface area contributed by atoms with E-state index in [4.69, 9.17) is 10.5 Å². The number of rotatable bonds is 5. The van der Waals surface area contributed by atoms with Crippen molar-refractivity contribution in [1.29, 1.82) is 0 Å². The van der Waals surface area contributed by atoms with E-state index in [0.29, 0.717) is 23.7 Å². The monoisotopic (exact) mass is 274 g/mol. The molecule has 1 aromatic rings. The Labute approximate surface area is 120 Å². The summed E-state index contributed by atoms with van der Waals surface area (Å²) in [5, 5.41) is 2.99. The van der Waals surface area contributed by atoms with Gasteiger partial charge in [0.05, 0.1) is 24.8 Å². The first-order valence-corrected chi connectivity index (χ1v) is 6.68. The molecule has 1 atom stereocenters. The minimum absolute atomic E-state index is 0.0250. The van der Waals surface area contributed by atoms with Gasteiger partial charge >= 0.3 is 0 Å². The normalized spacial score (nSPS) is 11.7. The molecular weight excluding hydrogens is 252 g/mol. The van der Waals surface area contributed by atoms with Gasteiger partial charge in [0.15, 0.2) is 0 Å². The first kappa shape index (κ1) is 16.2. The first-order valence-electron chi connectivity index (χ1n) is 6.68. The highest BCUT2D eigenvalue weighted by Gasteiger charge is 2.18. The van der Waals surface area contributed by atoms with Crippen molar-refractivity contribution in [3.8, 4) is 11.8 Å². The fourth-order valence-corrected chi connectivity index (χ4v) is 1.76. The Bertz CT molecular complexity index is 501. The number of nitrogens with one attached hydrogen (secondary N) is 1. The molecule has 0 aromatic heterocycles. The highest BCUT2D eigenvalue weighted by molar-refractivity contribution is 5.96. The second-order valence-electron chi connectivity index (χ2n) is 4.83. The number of nitrogens with two attached hydrogens (primary N) is 1. The van der Waals surface area contributed by atoms with Crippen molar-refractivity contribution in [3.63, 3.8) is 0 Å². The van der Waals surface area contributed by atoms with Gasteiger partial charge in [-0.1, -0.05) is 37.8 Å². The highest BCUT2D eigenvalue weighted by atomic mass is 16.5. The summed E-state index contributed by atoms with van der Waals surface area (Å²) in [5.74, 6) is 5.85. The second-order valence-corrected chi connectivity index (χ2v) is 4.83. The second kappa shape index (κ2) is 8.36. The van der Waals surface area contributed by atoms with Gasteiger partial charge in [-0.05, 0) is 18.1 Å². The minimum Gasteiger partial charge on any atom is -0.383 e. The molecule has 0 saturated heterocycles. The Morgan fingerprint density at radius 1 is 1.40 bits per heavy atom. The van der Waals surface area contributed by atoms with Crippen molar-refractivity contribution in [3.05, 3.63) is 35.4 Å². The van der Waals surface area contributed by atoms with Crippen LogP contribution in [0.3, 0.4) is 0 Å². The molecule has 0 saturated carbocycles. The van der Waals surface area contributed by atoms with E-state index < -0.39 is 0 Å². The summed E-state index contributed by atoms with van der Waals surface area (Å²) in [6, 6.07) is 7.23. The van der Waals surface area contributed by atoms with Crippen LogP contribution in [0, 0.1) is 17.8 Å². The molecule has 0 heterocycles. The molecule has 108 valence electrons. The lowest BCUT2D eigenvalue weighted by molar-refractivity contribution is 0.0866. The number of hydrogen-bond acceptors (Lipinski definition) is 3. The van der Waals surface area contributed by atoms with Crippen LogP contribution in [0.2, 0.25) is 0 Å². The van der Waals surface area contributed by atoms with Gasteiger partial charge in [0.25, 0.3) is 5.91 Å². The standard InChI is InChI=1S/C16H22N2O2/c1-12(2)15(11-20-3)18-16(19)14-9-5-4-7-13(14)8-6-10-17/h4-5,7,9,12,15H,10-11,17H2,1-3H3,(H,18,19). The number of amides is 1. The fourth-order valence-electron chi connectivity index (χ4n) is 1.76. The van der Waals surface area contributed by atoms with Crippen molar-refractivity contribution in [2.45, 2.75) is 19.9 Å². The Morgan fingerprint density at radius 2 is 2.10 bits per heavy atom. The molecule has 4 nitrogen and oxygen atoms in total. The molecule has 1 unspecified atom stereocenters. The van der Waals surface area contributed by atoms with Gasteiger partial charge in [0.1, 0.15) is 0 Å². The van der Waals surface area contributed by atoms with E-state index in [0.717, 1.165) is 0 Å². The van der Waals surface area contributed by atoms with Crippen LogP contribution >= 0.6 is 0 Å². The van der Waals surface area contributed by atoms with Crippen molar-refractivity contribution < 1.29 is 9.53 Å². The Balaban J connectivity index is 2.91. The third-order valence-electron chi connectivity index (χ3n) is 2.96. The summed E-state index contributed by atoms with van der Waals surface area (Å²) >= 11 is 0. The smallest absolute Gasteiger partial charge is 0.252 e. The molecule has 0 fully saturated rings. The summed E-state index contributed by atoms with van der Waals surface area (Å²) in [4.78, 5) is 12.4. The van der Waals surface area contributed by atoms with E-state index in [1.54, 1.807) is 13.2 Å². The molecule has 0 aliphatic heterocycles. The first-order chi connectivity index (χ1) is 9.60. The van der Waals surface area contributed by atoms with Gasteiger partial charge in [0.2, 0.25) is 0 Å². The molecule has 0 spiro atoms. The van der Waals surface area contributed by atoms with Crippen LogP contribution < -0.4 is 11.1 Å². The van der Waals surface area contributed by atoms with Gasteiger partial charge in [-0.15, -0.1) is 0 Å². The predicted molar refractivity (Wildman–Crippen MR) is 80.3 cm³/mol. The van der Waals surface area contributed by atoms with Crippen LogP contribution in [-0.2, 0) is 4.74 Å². The molecule has 1 rings (SSSR count). The number of methoxy groups -OCH3 is 1. The van der Waals surface area contributed by atoms with Crippen LogP contribution in [0.5, 0.6) is 0 Å². The highest BCUT2D eigenvalue weighted by Crippen LogP contribution is 2.09. The molecule has 4 heteroatoms. The maximum absolute atomic E-state index is 12.4. The Hall–Kier alpha value is -1.83. The zero-order valence-corrected chi connectivity index (χ0v) is 12.3. The van der Waals surface area contributed by atoms with Crippen LogP contribution in [-0.4, -0.2) is 32.2 Å². The molecule has 20 heavy (non-hydrogen) atoms. The quantitative estimate of drug-likeness (QED) is 0.798. The van der Waals surface area contributed by atoms with Crippen LogP contribution in [0.15, 0.2) is 24.3 Å². The molecule has 0 aliphatic carbocycles. The Morgan fingerprint density at radius 3 is 2.70 bits per heavy atom. The molecular formula is C16H22N2O2. The lowest BCUT2D eigenvalue weighted by Gasteiger charge is -2.21. The SMILES string of the molecule is COCC(NC(=O)c1ccccc1C#CCN)C(C)C. The van der Waals surface area contributed by atoms with Crippen molar-refractivity contribution in [1.82, 2.24) is 5.32 Å². The zero-order valence-electron chi connectivity index (χ0n) is 12.3. The lowest BCUT2D eigenvalue weighted by atomic mass is 10.0. The number of carbonyl (C=O) groups is 1. The third-order valence-corrected chi connectivity index (χ3v) is 2.96. The van der Waals surface area contributed by atoms with Crippen molar-refractivity contribution in [2.75, 3.05) is 20.3 Å². The number of hydrogen-bond donors (Lipinski definition) is 2. The summed E-state index contributed by atoms with van der Waals surface area (Å²) < 4.78 is 5.14. The van der Waals surface area contributed by atoms with Crippen molar-refractivity contribution in [2.24, 2.45) is 11.7 Å². The fraction of sp³-hybridized carbons (Fsp3) is 0.438. The molecule has 3 N–H and O–H groups in total. The maximum atomic E-state index is 12.4. The summed E-state index contributed by atoms with van der Waals surface area (Å²) in [6.45, 7) is 4.85. The van der Waals surface area contributed by atoms with Gasteiger partial charge in [-0.3, -0.25) is 4.79 Å². The van der Waals surface area contributed by atoms with Gasteiger partial charge in [-0.25, -0.2) is 0 Å². The van der Waals surface area contributed by atoms with E-state index in [2.05, 4.69) is 17.2 Å². The van der Waals surface area contributed by atoms with Crippen molar-refractivity contribution >= 4 is 5.91 Å². The van der Waals surface area contributed by atoms with Gasteiger partial charge in [0, 0.05) is 12.7 Å². The summed E-state index contributed by atoms with van der Waals surface area (Å²) in [5.41, 5.74) is 6.63. The van der Waals surface area contributed by atoms with E-state index in [1.165, 1.54) is 0 Å². The van der Waals surface area contributed by atoms with Crippen LogP contribution in [0.25, 0.3) is 0 Å². The third kappa shape index (κ3) is 4.69. The van der Waals surface area contributed by atoms with E-state index in [9.17, 15) is 4.79 Å². The van der Waals surface area contributed by atoms with Crippen LogP contribution in [0.4, 0.5) is 0 Å². The maximum Gasteiger partial charge on any atom is 0.252 e. The molecule has 0 aliphatic rings. The number of benzene rings is 1. The van der Waals surface area contributed by atoms with E-state index >= 15 is 0 Å². The number of carbonyl (C=O) groups excluding carboxylic acids is 1. The molecule has 1 aromatic carbocycles. The largest absolute Gasteiger partial charge is 0.383 e. The number of ether oxygens (including phenoxy) is 1. The Kier molecular flexibility index (Phi) is 6.78. The van der Waals surface area contributed by atoms with E-state index in [1.807, 2.05) is 32.0 Å². The molecule has 0 bridgehead atoms. The summed E-state index contributed by atoms with van der Waals surface area (Å²) in [6.07, 6.45) is 0. The minimum atomic E-state index is -0.136. The predicted octanol–water partition coefficient (Wildman–Crippen LogP) is 1.40. The topological polar surface area (TPSA) is 64.3 Å². The van der Waals surface area contributed by atoms with E-state index in [-0.39, 0.29) is 18.5 Å². The van der Waals surface area contributed by atoms with Crippen LogP contribution in [0.1, 0.15) is 29.8 Å². The lowest BCUT2D eigenvalue weighted by Crippen LogP contribution is -2.41. The zero-order chi connectivity index (χ0) is 15.0. The van der Waals surface area contributed by atoms with Gasteiger partial charge in [-0.2, -0.15) is 0 Å². The van der Waals surface area contributed by atoms with Gasteiger partial charge < -0.3 is 15.8 Å². The molecule has 1 amide bonds.